The fourth-order valence-electron chi connectivity index (χ4n) is 5.34. The van der Waals surface area contributed by atoms with Gasteiger partial charge in [0, 0.05) is 23.1 Å². The van der Waals surface area contributed by atoms with Crippen LogP contribution >= 0.6 is 0 Å². The monoisotopic (exact) mass is 883 g/mol. The topological polar surface area (TPSA) is 210 Å². The summed E-state index contributed by atoms with van der Waals surface area (Å²) in [6.07, 6.45) is 0.984. The second kappa shape index (κ2) is 29.2. The zero-order valence-electron chi connectivity index (χ0n) is 38.9. The first-order valence-corrected chi connectivity index (χ1v) is 20.6. The Bertz CT molecular complexity index is 2230. The number of carbonyl (C=O) groups is 1. The molecule has 346 valence electrons. The first-order chi connectivity index (χ1) is 30.2. The molecule has 1 atom stereocenters. The van der Waals surface area contributed by atoms with Gasteiger partial charge in [0.2, 0.25) is 0 Å². The molecule has 0 bridgehead atoms. The molecule has 12 N–H and O–H groups in total. The van der Waals surface area contributed by atoms with Crippen LogP contribution in [0, 0.1) is 52.2 Å². The number of rotatable bonds is 8. The molecule has 0 heterocycles. The van der Waals surface area contributed by atoms with E-state index in [-0.39, 0.29) is 11.7 Å². The summed E-state index contributed by atoms with van der Waals surface area (Å²) in [5.74, 6) is 0.799. The maximum atomic E-state index is 12.1. The van der Waals surface area contributed by atoms with Gasteiger partial charge < -0.3 is 53.3 Å². The molecule has 13 heteroatoms. The molecule has 64 heavy (non-hydrogen) atoms. The summed E-state index contributed by atoms with van der Waals surface area (Å²) in [6, 6.07) is 33.0. The molecular formula is C51H68F2N6O5. The normalized spacial score (nSPS) is 10.1. The van der Waals surface area contributed by atoms with Gasteiger partial charge in [-0.3, -0.25) is 0 Å². The molecule has 0 fully saturated rings. The first-order valence-electron chi connectivity index (χ1n) is 20.6. The molecule has 0 aromatic heterocycles. The number of nitrogen functional groups attached to an aromatic ring is 6. The van der Waals surface area contributed by atoms with Gasteiger partial charge in [-0.05, 0) is 136 Å². The summed E-state index contributed by atoms with van der Waals surface area (Å²) in [7, 11) is 3.15. The highest BCUT2D eigenvalue weighted by Gasteiger charge is 2.11. The highest BCUT2D eigenvalue weighted by atomic mass is 19.1. The van der Waals surface area contributed by atoms with E-state index in [9.17, 15) is 13.6 Å². The number of methoxy groups -OCH3 is 2. The number of halogens is 2. The molecule has 0 aliphatic carbocycles. The molecule has 0 aliphatic rings. The molecule has 0 radical (unpaired) electrons. The van der Waals surface area contributed by atoms with E-state index in [4.69, 9.17) is 53.3 Å². The van der Waals surface area contributed by atoms with Gasteiger partial charge in [-0.1, -0.05) is 68.3 Å². The largest absolute Gasteiger partial charge is 0.495 e. The Labute approximate surface area is 378 Å². The van der Waals surface area contributed by atoms with E-state index >= 15 is 0 Å². The van der Waals surface area contributed by atoms with Gasteiger partial charge in [0.1, 0.15) is 28.9 Å². The smallest absolute Gasteiger partial charge is 0.338 e. The number of nitrogens with two attached hydrogens (primary N) is 6. The van der Waals surface area contributed by atoms with Crippen molar-refractivity contribution in [3.8, 4) is 17.2 Å². The van der Waals surface area contributed by atoms with Gasteiger partial charge in [-0.15, -0.1) is 0 Å². The molecule has 1 unspecified atom stereocenters. The zero-order valence-corrected chi connectivity index (χ0v) is 38.9. The lowest BCUT2D eigenvalue weighted by Gasteiger charge is -2.10. The van der Waals surface area contributed by atoms with E-state index in [0.717, 1.165) is 53.1 Å². The summed E-state index contributed by atoms with van der Waals surface area (Å²) < 4.78 is 44.6. The zero-order chi connectivity index (χ0) is 48.4. The molecule has 6 aromatic carbocycles. The average Bonchev–Trinajstić information content (AvgIpc) is 3.23. The predicted octanol–water partition coefficient (Wildman–Crippen LogP) is 11.1. The van der Waals surface area contributed by atoms with E-state index in [0.29, 0.717) is 47.5 Å². The minimum absolute atomic E-state index is 0.104. The fourth-order valence-corrected chi connectivity index (χ4v) is 5.34. The number of anilines is 6. The Morgan fingerprint density at radius 3 is 1.56 bits per heavy atom. The Balaban J connectivity index is 0.000000392. The van der Waals surface area contributed by atoms with Crippen LogP contribution in [0.4, 0.5) is 42.9 Å². The Morgan fingerprint density at radius 2 is 1.11 bits per heavy atom. The molecule has 11 nitrogen and oxygen atoms in total. The van der Waals surface area contributed by atoms with Crippen LogP contribution < -0.4 is 48.6 Å². The molecule has 0 saturated heterocycles. The average molecular weight is 883 g/mol. The lowest BCUT2D eigenvalue weighted by atomic mass is 10.1. The van der Waals surface area contributed by atoms with Crippen LogP contribution in [-0.2, 0) is 4.74 Å². The number of para-hydroxylation sites is 2. The van der Waals surface area contributed by atoms with Crippen molar-refractivity contribution in [2.24, 2.45) is 5.92 Å². The van der Waals surface area contributed by atoms with Gasteiger partial charge in [-0.25, -0.2) is 13.6 Å². The first kappa shape index (κ1) is 54.9. The molecule has 6 rings (SSSR count). The second-order valence-corrected chi connectivity index (χ2v) is 14.7. The van der Waals surface area contributed by atoms with Gasteiger partial charge in [0.05, 0.1) is 50.1 Å². The number of carbonyl (C=O) groups excluding carboxylic acids is 1. The summed E-state index contributed by atoms with van der Waals surface area (Å²) >= 11 is 0. The molecule has 0 saturated carbocycles. The third kappa shape index (κ3) is 21.6. The Morgan fingerprint density at radius 1 is 0.562 bits per heavy atom. The quantitative estimate of drug-likeness (QED) is 0.0625. The van der Waals surface area contributed by atoms with Crippen molar-refractivity contribution in [2.75, 3.05) is 61.8 Å². The maximum absolute atomic E-state index is 12.1. The van der Waals surface area contributed by atoms with Gasteiger partial charge in [0.25, 0.3) is 0 Å². The highest BCUT2D eigenvalue weighted by molar-refractivity contribution is 5.91. The predicted molar refractivity (Wildman–Crippen MR) is 263 cm³/mol. The Kier molecular flexibility index (Phi) is 25.0. The summed E-state index contributed by atoms with van der Waals surface area (Å²) in [5, 5.41) is 0. The molecule has 0 aliphatic heterocycles. The van der Waals surface area contributed by atoms with Gasteiger partial charge in [-0.2, -0.15) is 0 Å². The van der Waals surface area contributed by atoms with Crippen molar-refractivity contribution in [3.05, 3.63) is 160 Å². The third-order valence-electron chi connectivity index (χ3n) is 8.93. The van der Waals surface area contributed by atoms with Crippen LogP contribution in [0.3, 0.4) is 0 Å². The van der Waals surface area contributed by atoms with Crippen molar-refractivity contribution in [1.29, 1.82) is 0 Å². The highest BCUT2D eigenvalue weighted by Crippen LogP contribution is 2.23. The Hall–Kier alpha value is -7.15. The number of hydrogen-bond acceptors (Lipinski definition) is 11. The molecule has 0 amide bonds. The van der Waals surface area contributed by atoms with E-state index < -0.39 is 11.6 Å². The van der Waals surface area contributed by atoms with Gasteiger partial charge in [0.15, 0.2) is 0 Å². The molecule has 6 aromatic rings. The van der Waals surface area contributed by atoms with Crippen LogP contribution in [0.2, 0.25) is 0 Å². The van der Waals surface area contributed by atoms with Crippen LogP contribution in [0.25, 0.3) is 0 Å². The summed E-state index contributed by atoms with van der Waals surface area (Å²) in [4.78, 5) is 11.7. The number of benzene rings is 6. The van der Waals surface area contributed by atoms with Crippen LogP contribution in [-0.4, -0.2) is 33.4 Å². The second-order valence-electron chi connectivity index (χ2n) is 14.7. The van der Waals surface area contributed by atoms with Crippen molar-refractivity contribution in [2.45, 2.75) is 61.8 Å². The molecule has 0 spiro atoms. The third-order valence-corrected chi connectivity index (χ3v) is 8.93. The standard InChI is InChI=1S/C13H19NO3.C9H13N.2C8H11NO.C7H9N.C6H5F2N/c1-4-9(2)8-17-13(15)10-5-6-12(16-3)11(14)7-10;1-6-4-7(2)9(10)8(3)5-6;1-6-3-4-8(10-2)7(9)5-6;1-2-10-8-6-4-3-5-7(8)9;1-6-3-2-4-7(8)5-6;7-4-1-5(8)3-6(9)2-4/h5-7,9H,4,8,14H2,1-3H3;4-5H,10H2,1-3H3;3-5H,9H2,1-2H3;3-6H,2,9H2,1H3;2-5H,8H2,1H3;1-3H,9H2. The number of aryl methyl sites for hydroxylation is 5. The van der Waals surface area contributed by atoms with Crippen LogP contribution in [0.5, 0.6) is 17.2 Å². The molecular weight excluding hydrogens is 815 g/mol. The SMILES string of the molecule is CCC(C)COC(=O)c1ccc(OC)c(N)c1.CCOc1ccccc1N.COc1ccc(C)cc1N.Cc1cc(C)c(N)c(C)c1.Cc1cccc(N)c1.Nc1cc(F)cc(F)c1. The van der Waals surface area contributed by atoms with Crippen molar-refractivity contribution >= 4 is 40.1 Å². The van der Waals surface area contributed by atoms with Crippen molar-refractivity contribution in [3.63, 3.8) is 0 Å². The minimum atomic E-state index is -0.646. The van der Waals surface area contributed by atoms with E-state index in [1.165, 1.54) is 29.4 Å². The van der Waals surface area contributed by atoms with E-state index in [2.05, 4.69) is 26.0 Å². The van der Waals surface area contributed by atoms with E-state index in [1.54, 1.807) is 25.3 Å². The number of hydrogen-bond donors (Lipinski definition) is 6. The van der Waals surface area contributed by atoms with Crippen LogP contribution in [0.15, 0.2) is 115 Å². The van der Waals surface area contributed by atoms with Crippen molar-refractivity contribution in [1.82, 2.24) is 0 Å². The van der Waals surface area contributed by atoms with E-state index in [1.807, 2.05) is 108 Å². The van der Waals surface area contributed by atoms with Crippen LogP contribution in [0.1, 0.15) is 65.4 Å². The summed E-state index contributed by atoms with van der Waals surface area (Å²) in [5.41, 5.74) is 43.3. The van der Waals surface area contributed by atoms with Crippen molar-refractivity contribution < 1.29 is 32.5 Å². The maximum Gasteiger partial charge on any atom is 0.338 e. The number of esters is 1. The fraction of sp³-hybridized carbons (Fsp3) is 0.275. The lowest BCUT2D eigenvalue weighted by Crippen LogP contribution is -2.12. The minimum Gasteiger partial charge on any atom is -0.495 e. The lowest BCUT2D eigenvalue weighted by molar-refractivity contribution is 0.0447. The number of ether oxygens (including phenoxy) is 4. The van der Waals surface area contributed by atoms with Gasteiger partial charge >= 0.3 is 5.97 Å². The summed E-state index contributed by atoms with van der Waals surface area (Å²) in [6.45, 7) is 17.3.